The molecule has 0 amide bonds. The molecule has 0 saturated heterocycles. The van der Waals surface area contributed by atoms with Gasteiger partial charge in [0.25, 0.3) is 0 Å². The van der Waals surface area contributed by atoms with Gasteiger partial charge in [0.15, 0.2) is 23.1 Å². The summed E-state index contributed by atoms with van der Waals surface area (Å²) in [5.41, 5.74) is 2.69. The van der Waals surface area contributed by atoms with Crippen molar-refractivity contribution in [3.8, 4) is 0 Å². The molecule has 0 spiro atoms. The summed E-state index contributed by atoms with van der Waals surface area (Å²) in [6.45, 7) is 0. The highest BCUT2D eigenvalue weighted by Gasteiger charge is 2.15. The normalized spacial score (nSPS) is 10.9. The summed E-state index contributed by atoms with van der Waals surface area (Å²) in [5, 5.41) is 8.24. The van der Waals surface area contributed by atoms with Crippen LogP contribution in [0.1, 0.15) is 0 Å². The molecule has 0 aromatic carbocycles. The van der Waals surface area contributed by atoms with Gasteiger partial charge in [-0.1, -0.05) is 6.07 Å². The molecular weight excluding hydrogens is 286 g/mol. The van der Waals surface area contributed by atoms with E-state index in [1.807, 2.05) is 6.07 Å². The number of nitrogen functional groups attached to an aromatic ring is 1. The number of nitrogens with zero attached hydrogens (tertiary/aromatic N) is 4. The van der Waals surface area contributed by atoms with E-state index in [0.29, 0.717) is 16.9 Å². The number of fused-ring (bicyclic) bond motifs is 1. The van der Waals surface area contributed by atoms with Crippen molar-refractivity contribution in [1.82, 2.24) is 19.6 Å². The van der Waals surface area contributed by atoms with Gasteiger partial charge < -0.3 is 5.43 Å². The lowest BCUT2D eigenvalue weighted by Gasteiger charge is -2.05. The number of rotatable bonds is 3. The Kier molecular flexibility index (Phi) is 3.20. The Balaban J connectivity index is 2.03. The highest BCUT2D eigenvalue weighted by Crippen LogP contribution is 2.29. The molecule has 20 heavy (non-hydrogen) atoms. The van der Waals surface area contributed by atoms with E-state index in [1.54, 1.807) is 22.7 Å². The lowest BCUT2D eigenvalue weighted by Crippen LogP contribution is -2.11. The van der Waals surface area contributed by atoms with Crippen LogP contribution in [0.5, 0.6) is 0 Å². The highest BCUT2D eigenvalue weighted by molar-refractivity contribution is 7.99. The Hall–Kier alpha value is -2.26. The molecule has 6 nitrogen and oxygen atoms in total. The largest absolute Gasteiger partial charge is 0.306 e. The zero-order valence-electron chi connectivity index (χ0n) is 9.92. The minimum absolute atomic E-state index is 0.0440. The topological polar surface area (TPSA) is 81.1 Å². The third-order valence-electron chi connectivity index (χ3n) is 2.50. The van der Waals surface area contributed by atoms with Crippen molar-refractivity contribution >= 4 is 23.2 Å². The van der Waals surface area contributed by atoms with E-state index in [4.69, 9.17) is 5.84 Å². The molecule has 0 atom stereocenters. The molecule has 3 aromatic rings. The number of nitrogens with one attached hydrogen (secondary N) is 1. The Morgan fingerprint density at radius 2 is 2.05 bits per heavy atom. The van der Waals surface area contributed by atoms with Crippen LogP contribution in [0.2, 0.25) is 0 Å². The van der Waals surface area contributed by atoms with Crippen LogP contribution in [0, 0.1) is 11.6 Å². The van der Waals surface area contributed by atoms with E-state index in [1.165, 1.54) is 0 Å². The minimum Gasteiger partial charge on any atom is -0.306 e. The molecule has 102 valence electrons. The second kappa shape index (κ2) is 5.02. The molecule has 0 aliphatic heterocycles. The van der Waals surface area contributed by atoms with Crippen molar-refractivity contribution < 1.29 is 8.78 Å². The van der Waals surface area contributed by atoms with Gasteiger partial charge in [-0.15, -0.1) is 10.2 Å². The Morgan fingerprint density at radius 3 is 2.85 bits per heavy atom. The maximum atomic E-state index is 13.7. The smallest absolute Gasteiger partial charge is 0.202 e. The van der Waals surface area contributed by atoms with E-state index in [2.05, 4.69) is 20.6 Å². The summed E-state index contributed by atoms with van der Waals surface area (Å²) in [7, 11) is 0. The first-order chi connectivity index (χ1) is 9.69. The van der Waals surface area contributed by atoms with Crippen molar-refractivity contribution in [3.63, 3.8) is 0 Å². The third kappa shape index (κ3) is 2.17. The minimum atomic E-state index is -0.861. The van der Waals surface area contributed by atoms with Crippen LogP contribution in [0.25, 0.3) is 5.65 Å². The highest BCUT2D eigenvalue weighted by atomic mass is 32.2. The van der Waals surface area contributed by atoms with Gasteiger partial charge in [-0.05, 0) is 23.9 Å². The average molecular weight is 294 g/mol. The summed E-state index contributed by atoms with van der Waals surface area (Å²) in [4.78, 5) is 3.77. The number of pyridine rings is 2. The number of hydrazine groups is 1. The molecule has 3 rings (SSSR count). The molecule has 0 fully saturated rings. The van der Waals surface area contributed by atoms with E-state index in [-0.39, 0.29) is 10.8 Å². The maximum Gasteiger partial charge on any atom is 0.202 e. The van der Waals surface area contributed by atoms with Crippen LogP contribution >= 0.6 is 11.8 Å². The van der Waals surface area contributed by atoms with Crippen molar-refractivity contribution in [2.45, 2.75) is 10.2 Å². The van der Waals surface area contributed by atoms with Crippen molar-refractivity contribution in [3.05, 3.63) is 42.1 Å². The van der Waals surface area contributed by atoms with E-state index in [9.17, 15) is 8.78 Å². The predicted molar refractivity (Wildman–Crippen MR) is 69.1 cm³/mol. The van der Waals surface area contributed by atoms with Gasteiger partial charge in [0.05, 0.1) is 0 Å². The first-order valence-electron chi connectivity index (χ1n) is 5.49. The van der Waals surface area contributed by atoms with E-state index < -0.39 is 11.6 Å². The van der Waals surface area contributed by atoms with Gasteiger partial charge in [-0.25, -0.2) is 19.6 Å². The number of aromatic nitrogens is 4. The molecular formula is C11H8F2N6S. The van der Waals surface area contributed by atoms with E-state index in [0.717, 1.165) is 11.8 Å². The number of anilines is 1. The quantitative estimate of drug-likeness (QED) is 0.566. The Labute approximate surface area is 116 Å². The molecule has 0 aliphatic carbocycles. The van der Waals surface area contributed by atoms with Crippen LogP contribution in [0.15, 0.2) is 40.6 Å². The zero-order valence-corrected chi connectivity index (χ0v) is 10.7. The zero-order chi connectivity index (χ0) is 14.1. The predicted octanol–water partition coefficient (Wildman–Crippen LogP) is 1.84. The van der Waals surface area contributed by atoms with Crippen molar-refractivity contribution in [2.75, 3.05) is 5.43 Å². The number of hydrogen-bond acceptors (Lipinski definition) is 6. The summed E-state index contributed by atoms with van der Waals surface area (Å²) < 4.78 is 28.7. The Morgan fingerprint density at radius 1 is 1.20 bits per heavy atom. The second-order valence-electron chi connectivity index (χ2n) is 3.76. The number of hydrogen-bond donors (Lipinski definition) is 2. The monoisotopic (exact) mass is 294 g/mol. The molecule has 0 bridgehead atoms. The lowest BCUT2D eigenvalue weighted by molar-refractivity contribution is 0.551. The molecule has 3 heterocycles. The first-order valence-corrected chi connectivity index (χ1v) is 6.31. The average Bonchev–Trinajstić information content (AvgIpc) is 2.85. The van der Waals surface area contributed by atoms with Crippen LogP contribution < -0.4 is 11.3 Å². The standard InChI is InChI=1S/C11H8F2N6S/c12-6-5-7(13)10(15-9(6)16-14)20-11-18-17-8-3-1-2-4-19(8)11/h1-5H,14H2,(H,15,16). The molecule has 3 N–H and O–H groups in total. The van der Waals surface area contributed by atoms with E-state index >= 15 is 0 Å². The van der Waals surface area contributed by atoms with Gasteiger partial charge in [0.1, 0.15) is 5.03 Å². The summed E-state index contributed by atoms with van der Waals surface area (Å²) in [5.74, 6) is 3.23. The van der Waals surface area contributed by atoms with Crippen LogP contribution in [-0.4, -0.2) is 19.6 Å². The first kappa shape index (κ1) is 12.8. The number of nitrogens with two attached hydrogens (primary N) is 1. The van der Waals surface area contributed by atoms with Crippen LogP contribution in [0.4, 0.5) is 14.6 Å². The molecule has 0 unspecified atom stereocenters. The fourth-order valence-corrected chi connectivity index (χ4v) is 2.40. The fraction of sp³-hybridized carbons (Fsp3) is 0. The molecule has 0 aliphatic rings. The lowest BCUT2D eigenvalue weighted by atomic mass is 10.4. The van der Waals surface area contributed by atoms with Crippen molar-refractivity contribution in [1.29, 1.82) is 0 Å². The SMILES string of the molecule is NNc1nc(Sc2nnc3ccccn23)c(F)cc1F. The summed E-state index contributed by atoms with van der Waals surface area (Å²) in [6.07, 6.45) is 1.74. The molecule has 3 aromatic heterocycles. The van der Waals surface area contributed by atoms with Gasteiger partial charge in [0.2, 0.25) is 5.16 Å². The molecule has 9 heteroatoms. The fourth-order valence-electron chi connectivity index (χ4n) is 1.60. The van der Waals surface area contributed by atoms with Gasteiger partial charge >= 0.3 is 0 Å². The van der Waals surface area contributed by atoms with Crippen LogP contribution in [-0.2, 0) is 0 Å². The van der Waals surface area contributed by atoms with Gasteiger partial charge in [-0.3, -0.25) is 4.40 Å². The second-order valence-corrected chi connectivity index (χ2v) is 4.72. The van der Waals surface area contributed by atoms with Crippen molar-refractivity contribution in [2.24, 2.45) is 5.84 Å². The maximum absolute atomic E-state index is 13.7. The van der Waals surface area contributed by atoms with Gasteiger partial charge in [-0.2, -0.15) is 0 Å². The summed E-state index contributed by atoms with van der Waals surface area (Å²) in [6, 6.07) is 6.08. The third-order valence-corrected chi connectivity index (χ3v) is 3.45. The summed E-state index contributed by atoms with van der Waals surface area (Å²) >= 11 is 0.930. The number of halogens is 2. The van der Waals surface area contributed by atoms with Crippen LogP contribution in [0.3, 0.4) is 0 Å². The Bertz CT molecular complexity index is 775. The molecule has 0 radical (unpaired) electrons. The van der Waals surface area contributed by atoms with Gasteiger partial charge in [0, 0.05) is 12.3 Å². The molecule has 0 saturated carbocycles.